The molecule has 1 aromatic rings. The number of aromatic nitrogens is 2. The van der Waals surface area contributed by atoms with E-state index < -0.39 is 0 Å². The highest BCUT2D eigenvalue weighted by atomic mass is 32.1. The zero-order chi connectivity index (χ0) is 9.90. The summed E-state index contributed by atoms with van der Waals surface area (Å²) in [7, 11) is 0. The molecule has 0 aliphatic carbocycles. The Morgan fingerprint density at radius 1 is 1.69 bits per heavy atom. The molecule has 0 spiro atoms. The van der Waals surface area contributed by atoms with Crippen LogP contribution in [-0.4, -0.2) is 15.9 Å². The minimum absolute atomic E-state index is 0.0560. The van der Waals surface area contributed by atoms with Crippen molar-refractivity contribution in [3.8, 4) is 0 Å². The van der Waals surface area contributed by atoms with Crippen molar-refractivity contribution in [1.29, 1.82) is 0 Å². The summed E-state index contributed by atoms with van der Waals surface area (Å²) in [6.07, 6.45) is 1.91. The van der Waals surface area contributed by atoms with E-state index in [1.165, 1.54) is 11.5 Å². The van der Waals surface area contributed by atoms with Gasteiger partial charge in [-0.25, -0.2) is 0 Å². The number of nitrogens with two attached hydrogens (primary N) is 1. The second-order valence-corrected chi connectivity index (χ2v) is 4.26. The van der Waals surface area contributed by atoms with Crippen LogP contribution in [0.5, 0.6) is 0 Å². The molecule has 0 fully saturated rings. The van der Waals surface area contributed by atoms with E-state index in [1.54, 1.807) is 0 Å². The fourth-order valence-corrected chi connectivity index (χ4v) is 1.17. The molecule has 0 aliphatic heterocycles. The molecule has 0 saturated carbocycles. The van der Waals surface area contributed by atoms with Gasteiger partial charge in [0.05, 0.1) is 0 Å². The lowest BCUT2D eigenvalue weighted by Gasteiger charge is -2.19. The molecule has 0 amide bonds. The number of anilines is 2. The molecule has 72 valence electrons. The van der Waals surface area contributed by atoms with Crippen molar-refractivity contribution in [2.24, 2.45) is 5.41 Å². The molecule has 0 unspecified atom stereocenters. The largest absolute Gasteiger partial charge is 0.367 e. The Morgan fingerprint density at radius 3 is 2.85 bits per heavy atom. The van der Waals surface area contributed by atoms with Crippen LogP contribution in [0.3, 0.4) is 0 Å². The molecule has 3 N–H and O–H groups in total. The smallest absolute Gasteiger partial charge is 0.233 e. The highest BCUT2D eigenvalue weighted by molar-refractivity contribution is 7.09. The van der Waals surface area contributed by atoms with Crippen LogP contribution in [-0.2, 0) is 0 Å². The molecular weight excluding hydrogens is 184 g/mol. The molecule has 5 heteroatoms. The van der Waals surface area contributed by atoms with Crippen LogP contribution >= 0.6 is 11.5 Å². The Hall–Kier alpha value is -1.10. The van der Waals surface area contributed by atoms with Crippen molar-refractivity contribution in [2.75, 3.05) is 17.6 Å². The second kappa shape index (κ2) is 3.74. The van der Waals surface area contributed by atoms with Gasteiger partial charge in [0.25, 0.3) is 0 Å². The molecule has 0 bridgehead atoms. The van der Waals surface area contributed by atoms with Crippen LogP contribution in [0.4, 0.5) is 11.1 Å². The van der Waals surface area contributed by atoms with Crippen molar-refractivity contribution >= 4 is 22.6 Å². The molecule has 1 aromatic heterocycles. The zero-order valence-corrected chi connectivity index (χ0v) is 8.69. The Kier molecular flexibility index (Phi) is 2.87. The molecular formula is C8H14N4S. The average molecular weight is 198 g/mol. The first-order valence-electron chi connectivity index (χ1n) is 4.00. The van der Waals surface area contributed by atoms with E-state index in [1.807, 2.05) is 6.08 Å². The van der Waals surface area contributed by atoms with E-state index in [0.717, 1.165) is 11.7 Å². The maximum absolute atomic E-state index is 5.38. The summed E-state index contributed by atoms with van der Waals surface area (Å²) in [6, 6.07) is 0. The first kappa shape index (κ1) is 9.98. The van der Waals surface area contributed by atoms with Crippen molar-refractivity contribution in [2.45, 2.75) is 13.8 Å². The number of nitrogens with one attached hydrogen (secondary N) is 1. The van der Waals surface area contributed by atoms with Crippen molar-refractivity contribution in [3.63, 3.8) is 0 Å². The Balaban J connectivity index is 2.48. The Labute approximate surface area is 82.0 Å². The SMILES string of the molecule is C=CC(C)(C)CNc1nc(N)ns1. The molecule has 0 saturated heterocycles. The number of rotatable bonds is 4. The van der Waals surface area contributed by atoms with Gasteiger partial charge in [-0.05, 0) is 5.41 Å². The van der Waals surface area contributed by atoms with Crippen LogP contribution in [0.1, 0.15) is 13.8 Å². The van der Waals surface area contributed by atoms with Gasteiger partial charge >= 0.3 is 0 Å². The third kappa shape index (κ3) is 3.02. The fraction of sp³-hybridized carbons (Fsp3) is 0.500. The lowest BCUT2D eigenvalue weighted by molar-refractivity contribution is 0.514. The molecule has 0 radical (unpaired) electrons. The number of nitrogen functional groups attached to an aromatic ring is 1. The maximum atomic E-state index is 5.38. The zero-order valence-electron chi connectivity index (χ0n) is 7.87. The Morgan fingerprint density at radius 2 is 2.38 bits per heavy atom. The van der Waals surface area contributed by atoms with Crippen LogP contribution in [0.2, 0.25) is 0 Å². The normalized spacial score (nSPS) is 11.2. The lowest BCUT2D eigenvalue weighted by Crippen LogP contribution is -2.20. The molecule has 0 atom stereocenters. The van der Waals surface area contributed by atoms with Crippen molar-refractivity contribution in [3.05, 3.63) is 12.7 Å². The van der Waals surface area contributed by atoms with Gasteiger partial charge in [-0.3, -0.25) is 0 Å². The predicted molar refractivity (Wildman–Crippen MR) is 56.8 cm³/mol. The summed E-state index contributed by atoms with van der Waals surface area (Å²) in [6.45, 7) is 8.72. The summed E-state index contributed by atoms with van der Waals surface area (Å²) < 4.78 is 3.86. The third-order valence-corrected chi connectivity index (χ3v) is 2.38. The van der Waals surface area contributed by atoms with E-state index >= 15 is 0 Å². The van der Waals surface area contributed by atoms with Crippen LogP contribution in [0.25, 0.3) is 0 Å². The quantitative estimate of drug-likeness (QED) is 0.723. The summed E-state index contributed by atoms with van der Waals surface area (Å²) in [5, 5.41) is 3.91. The maximum Gasteiger partial charge on any atom is 0.233 e. The number of hydrogen-bond acceptors (Lipinski definition) is 5. The van der Waals surface area contributed by atoms with E-state index in [-0.39, 0.29) is 5.41 Å². The minimum Gasteiger partial charge on any atom is -0.367 e. The summed E-state index contributed by atoms with van der Waals surface area (Å²) >= 11 is 1.27. The third-order valence-electron chi connectivity index (χ3n) is 1.69. The van der Waals surface area contributed by atoms with Gasteiger partial charge in [0.2, 0.25) is 11.1 Å². The van der Waals surface area contributed by atoms with Gasteiger partial charge < -0.3 is 11.1 Å². The van der Waals surface area contributed by atoms with E-state index in [0.29, 0.717) is 5.95 Å². The lowest BCUT2D eigenvalue weighted by atomic mass is 9.94. The first-order valence-corrected chi connectivity index (χ1v) is 4.77. The molecule has 1 rings (SSSR count). The summed E-state index contributed by atoms with van der Waals surface area (Å²) in [5.41, 5.74) is 5.43. The summed E-state index contributed by atoms with van der Waals surface area (Å²) in [4.78, 5) is 3.99. The van der Waals surface area contributed by atoms with Gasteiger partial charge in [-0.2, -0.15) is 9.36 Å². The standard InChI is InChI=1S/C8H14N4S/c1-4-8(2,3)5-10-7-11-6(9)12-13-7/h4H,1,5H2,2-3H3,(H3,9,10,11,12). The monoisotopic (exact) mass is 198 g/mol. The number of hydrogen-bond donors (Lipinski definition) is 2. The first-order chi connectivity index (χ1) is 6.03. The van der Waals surface area contributed by atoms with Crippen LogP contribution < -0.4 is 11.1 Å². The molecule has 4 nitrogen and oxygen atoms in total. The van der Waals surface area contributed by atoms with Crippen LogP contribution in [0, 0.1) is 5.41 Å². The van der Waals surface area contributed by atoms with E-state index in [9.17, 15) is 0 Å². The van der Waals surface area contributed by atoms with Crippen LogP contribution in [0.15, 0.2) is 12.7 Å². The molecule has 1 heterocycles. The molecule has 0 aromatic carbocycles. The Bertz CT molecular complexity index is 292. The topological polar surface area (TPSA) is 63.8 Å². The van der Waals surface area contributed by atoms with Gasteiger partial charge in [0.15, 0.2) is 0 Å². The van der Waals surface area contributed by atoms with Gasteiger partial charge in [-0.15, -0.1) is 6.58 Å². The van der Waals surface area contributed by atoms with Crippen molar-refractivity contribution in [1.82, 2.24) is 9.36 Å². The van der Waals surface area contributed by atoms with E-state index in [2.05, 4.69) is 35.1 Å². The highest BCUT2D eigenvalue weighted by Gasteiger charge is 2.13. The van der Waals surface area contributed by atoms with Gasteiger partial charge in [-0.1, -0.05) is 19.9 Å². The predicted octanol–water partition coefficient (Wildman–Crippen LogP) is 1.74. The van der Waals surface area contributed by atoms with Gasteiger partial charge in [0, 0.05) is 18.1 Å². The number of nitrogens with zero attached hydrogens (tertiary/aromatic N) is 2. The second-order valence-electron chi connectivity index (χ2n) is 3.50. The molecule has 13 heavy (non-hydrogen) atoms. The summed E-state index contributed by atoms with van der Waals surface area (Å²) in [5.74, 6) is 0.323. The average Bonchev–Trinajstić information content (AvgIpc) is 2.48. The van der Waals surface area contributed by atoms with Gasteiger partial charge in [0.1, 0.15) is 0 Å². The van der Waals surface area contributed by atoms with Crippen molar-refractivity contribution < 1.29 is 0 Å². The minimum atomic E-state index is 0.0560. The van der Waals surface area contributed by atoms with E-state index in [4.69, 9.17) is 5.73 Å². The fourth-order valence-electron chi connectivity index (χ4n) is 0.682. The highest BCUT2D eigenvalue weighted by Crippen LogP contribution is 2.18. The molecule has 0 aliphatic rings.